The maximum Gasteiger partial charge on any atom is 0.235 e. The van der Waals surface area contributed by atoms with Crippen LogP contribution < -0.4 is 0 Å². The molecule has 0 unspecified atom stereocenters. The van der Waals surface area contributed by atoms with Crippen molar-refractivity contribution in [3.63, 3.8) is 0 Å². The molecule has 17 heavy (non-hydrogen) atoms. The van der Waals surface area contributed by atoms with E-state index in [2.05, 4.69) is 4.99 Å². The molecule has 0 aliphatic heterocycles. The van der Waals surface area contributed by atoms with Gasteiger partial charge in [-0.2, -0.15) is 4.99 Å². The second-order valence-corrected chi connectivity index (χ2v) is 6.58. The fraction of sp³-hybridized carbons (Fsp3) is 0.417. The lowest BCUT2D eigenvalue weighted by molar-refractivity contribution is 0.525. The van der Waals surface area contributed by atoms with E-state index in [0.717, 1.165) is 5.56 Å². The normalized spacial score (nSPS) is 11.9. The highest BCUT2D eigenvalue weighted by Gasteiger charge is 2.27. The SMILES string of the molecule is Cc1ccc(S(=O)(=O)CC(C)(C)N=C=O)cc1. The van der Waals surface area contributed by atoms with Crippen molar-refractivity contribution >= 4 is 15.9 Å². The molecule has 0 saturated carbocycles. The second-order valence-electron chi connectivity index (χ2n) is 4.59. The van der Waals surface area contributed by atoms with Crippen LogP contribution in [0.25, 0.3) is 0 Å². The van der Waals surface area contributed by atoms with E-state index in [4.69, 9.17) is 0 Å². The maximum absolute atomic E-state index is 12.0. The molecule has 0 heterocycles. The van der Waals surface area contributed by atoms with Crippen molar-refractivity contribution in [3.8, 4) is 0 Å². The van der Waals surface area contributed by atoms with E-state index >= 15 is 0 Å². The lowest BCUT2D eigenvalue weighted by Gasteiger charge is -2.17. The van der Waals surface area contributed by atoms with Crippen LogP contribution in [0, 0.1) is 6.92 Å². The number of hydrogen-bond acceptors (Lipinski definition) is 4. The van der Waals surface area contributed by atoms with Crippen LogP contribution in [-0.4, -0.2) is 25.8 Å². The van der Waals surface area contributed by atoms with Gasteiger partial charge in [0.15, 0.2) is 9.84 Å². The molecular weight excluding hydrogens is 238 g/mol. The van der Waals surface area contributed by atoms with Crippen LogP contribution in [0.2, 0.25) is 0 Å². The van der Waals surface area contributed by atoms with Gasteiger partial charge < -0.3 is 0 Å². The summed E-state index contributed by atoms with van der Waals surface area (Å²) in [5.74, 6) is -0.210. The second kappa shape index (κ2) is 4.82. The van der Waals surface area contributed by atoms with Gasteiger partial charge in [-0.05, 0) is 32.9 Å². The van der Waals surface area contributed by atoms with Crippen molar-refractivity contribution in [3.05, 3.63) is 29.8 Å². The maximum atomic E-state index is 12.0. The van der Waals surface area contributed by atoms with Gasteiger partial charge in [-0.15, -0.1) is 0 Å². The molecule has 5 heteroatoms. The molecule has 1 aromatic rings. The Balaban J connectivity index is 3.05. The number of benzene rings is 1. The minimum Gasteiger partial charge on any atom is -0.224 e. The minimum atomic E-state index is -3.43. The lowest BCUT2D eigenvalue weighted by Crippen LogP contribution is -2.28. The third-order valence-corrected chi connectivity index (χ3v) is 4.35. The largest absolute Gasteiger partial charge is 0.235 e. The molecule has 0 radical (unpaired) electrons. The number of isocyanates is 1. The number of sulfone groups is 1. The van der Waals surface area contributed by atoms with E-state index in [1.54, 1.807) is 38.1 Å². The summed E-state index contributed by atoms with van der Waals surface area (Å²) in [4.78, 5) is 13.9. The summed E-state index contributed by atoms with van der Waals surface area (Å²) in [5.41, 5.74) is 0.0417. The highest BCUT2D eigenvalue weighted by Crippen LogP contribution is 2.19. The quantitative estimate of drug-likeness (QED) is 0.608. The molecule has 0 spiro atoms. The Labute approximate surface area is 101 Å². The monoisotopic (exact) mass is 253 g/mol. The molecule has 0 N–H and O–H groups in total. The predicted octanol–water partition coefficient (Wildman–Crippen LogP) is 1.88. The fourth-order valence-corrected chi connectivity index (χ4v) is 3.16. The number of carbonyl (C=O) groups excluding carboxylic acids is 1. The van der Waals surface area contributed by atoms with Crippen molar-refractivity contribution in [1.82, 2.24) is 0 Å². The van der Waals surface area contributed by atoms with Crippen LogP contribution in [0.4, 0.5) is 0 Å². The Morgan fingerprint density at radius 3 is 2.24 bits per heavy atom. The van der Waals surface area contributed by atoms with Gasteiger partial charge in [-0.3, -0.25) is 0 Å². The number of rotatable bonds is 4. The Morgan fingerprint density at radius 2 is 1.76 bits per heavy atom. The first-order valence-corrected chi connectivity index (χ1v) is 6.80. The summed E-state index contributed by atoms with van der Waals surface area (Å²) in [5, 5.41) is 0. The van der Waals surface area contributed by atoms with E-state index < -0.39 is 15.4 Å². The van der Waals surface area contributed by atoms with Crippen LogP contribution in [-0.2, 0) is 14.6 Å². The molecule has 0 bridgehead atoms. The van der Waals surface area contributed by atoms with Crippen molar-refractivity contribution < 1.29 is 13.2 Å². The van der Waals surface area contributed by atoms with Crippen LogP contribution in [0.15, 0.2) is 34.2 Å². The predicted molar refractivity (Wildman–Crippen MR) is 65.4 cm³/mol. The standard InChI is InChI=1S/C12H15NO3S/c1-10-4-6-11(7-5-10)17(15,16)8-12(2,3)13-9-14/h4-7H,8H2,1-3H3. The zero-order chi connectivity index (χ0) is 13.1. The molecule has 0 saturated heterocycles. The van der Waals surface area contributed by atoms with Crippen LogP contribution in [0.1, 0.15) is 19.4 Å². The average molecular weight is 253 g/mol. The molecule has 0 aliphatic rings. The molecule has 0 aromatic heterocycles. The lowest BCUT2D eigenvalue weighted by atomic mass is 10.1. The zero-order valence-corrected chi connectivity index (χ0v) is 10.9. The Bertz CT molecular complexity index is 538. The molecule has 0 atom stereocenters. The number of nitrogens with zero attached hydrogens (tertiary/aromatic N) is 1. The van der Waals surface area contributed by atoms with Crippen molar-refractivity contribution in [2.24, 2.45) is 4.99 Å². The van der Waals surface area contributed by atoms with Gasteiger partial charge in [0.25, 0.3) is 0 Å². The first kappa shape index (κ1) is 13.6. The van der Waals surface area contributed by atoms with E-state index in [1.165, 1.54) is 6.08 Å². The summed E-state index contributed by atoms with van der Waals surface area (Å²) in [7, 11) is -3.43. The van der Waals surface area contributed by atoms with Crippen molar-refractivity contribution in [2.45, 2.75) is 31.2 Å². The van der Waals surface area contributed by atoms with E-state index in [9.17, 15) is 13.2 Å². The van der Waals surface area contributed by atoms with Crippen molar-refractivity contribution in [1.29, 1.82) is 0 Å². The van der Waals surface area contributed by atoms with Crippen LogP contribution in [0.3, 0.4) is 0 Å². The highest BCUT2D eigenvalue weighted by atomic mass is 32.2. The van der Waals surface area contributed by atoms with Gasteiger partial charge >= 0.3 is 0 Å². The Hall–Kier alpha value is -1.45. The van der Waals surface area contributed by atoms with Gasteiger partial charge in [0.2, 0.25) is 6.08 Å². The molecule has 92 valence electrons. The summed E-state index contributed by atoms with van der Waals surface area (Å²) in [6.45, 7) is 5.06. The van der Waals surface area contributed by atoms with Crippen LogP contribution >= 0.6 is 0 Å². The van der Waals surface area contributed by atoms with Gasteiger partial charge in [-0.1, -0.05) is 17.7 Å². The number of hydrogen-bond donors (Lipinski definition) is 0. The molecule has 1 rings (SSSR count). The summed E-state index contributed by atoms with van der Waals surface area (Å²) in [6.07, 6.45) is 1.40. The Morgan fingerprint density at radius 1 is 1.24 bits per heavy atom. The third-order valence-electron chi connectivity index (χ3n) is 2.27. The smallest absolute Gasteiger partial charge is 0.224 e. The third kappa shape index (κ3) is 3.80. The van der Waals surface area contributed by atoms with Gasteiger partial charge in [0, 0.05) is 0 Å². The summed E-state index contributed by atoms with van der Waals surface area (Å²) < 4.78 is 24.1. The van der Waals surface area contributed by atoms with E-state index in [1.807, 2.05) is 6.92 Å². The van der Waals surface area contributed by atoms with Gasteiger partial charge in [-0.25, -0.2) is 13.2 Å². The van der Waals surface area contributed by atoms with E-state index in [-0.39, 0.29) is 10.6 Å². The number of aryl methyl sites for hydroxylation is 1. The first-order chi connectivity index (χ1) is 7.77. The van der Waals surface area contributed by atoms with E-state index in [0.29, 0.717) is 0 Å². The van der Waals surface area contributed by atoms with Gasteiger partial charge in [0.05, 0.1) is 16.2 Å². The number of aliphatic imine (C=N–C) groups is 1. The average Bonchev–Trinajstić information content (AvgIpc) is 2.16. The molecular formula is C12H15NO3S. The molecule has 0 amide bonds. The summed E-state index contributed by atoms with van der Waals surface area (Å²) >= 11 is 0. The highest BCUT2D eigenvalue weighted by molar-refractivity contribution is 7.91. The fourth-order valence-electron chi connectivity index (χ4n) is 1.45. The first-order valence-electron chi connectivity index (χ1n) is 5.15. The van der Waals surface area contributed by atoms with Gasteiger partial charge in [0.1, 0.15) is 0 Å². The van der Waals surface area contributed by atoms with Crippen LogP contribution in [0.5, 0.6) is 0 Å². The molecule has 1 aromatic carbocycles. The van der Waals surface area contributed by atoms with Crippen molar-refractivity contribution in [2.75, 3.05) is 5.75 Å². The molecule has 0 fully saturated rings. The topological polar surface area (TPSA) is 63.6 Å². The minimum absolute atomic E-state index is 0.210. The Kier molecular flexibility index (Phi) is 3.86. The molecule has 0 aliphatic carbocycles. The zero-order valence-electron chi connectivity index (χ0n) is 10.1. The summed E-state index contributed by atoms with van der Waals surface area (Å²) in [6, 6.07) is 6.60. The molecule has 4 nitrogen and oxygen atoms in total.